The Bertz CT molecular complexity index is 1390. The van der Waals surface area contributed by atoms with Crippen LogP contribution in [-0.2, 0) is 4.79 Å². The van der Waals surface area contributed by atoms with Crippen LogP contribution in [0.4, 0.5) is 10.1 Å². The minimum absolute atomic E-state index is 0.00277. The fourth-order valence-corrected chi connectivity index (χ4v) is 4.81. The zero-order chi connectivity index (χ0) is 21.7. The second-order valence-corrected chi connectivity index (χ2v) is 8.28. The van der Waals surface area contributed by atoms with E-state index in [2.05, 4.69) is 4.98 Å². The lowest BCUT2D eigenvalue weighted by Gasteiger charge is -2.36. The van der Waals surface area contributed by atoms with E-state index in [1.54, 1.807) is 17.0 Å². The van der Waals surface area contributed by atoms with Crippen molar-refractivity contribution in [2.45, 2.75) is 0 Å². The molecule has 1 aliphatic heterocycles. The van der Waals surface area contributed by atoms with Gasteiger partial charge in [-0.3, -0.25) is 19.2 Å². The van der Waals surface area contributed by atoms with E-state index < -0.39 is 28.4 Å². The normalized spacial score (nSPS) is 14.5. The summed E-state index contributed by atoms with van der Waals surface area (Å²) in [6.07, 6.45) is 1.35. The van der Waals surface area contributed by atoms with Crippen molar-refractivity contribution in [1.82, 2.24) is 9.88 Å². The number of nitrogens with one attached hydrogen (secondary N) is 1. The van der Waals surface area contributed by atoms with E-state index in [1.807, 2.05) is 11.4 Å². The molecule has 0 bridgehead atoms. The van der Waals surface area contributed by atoms with Gasteiger partial charge in [-0.25, -0.2) is 4.39 Å². The summed E-state index contributed by atoms with van der Waals surface area (Å²) < 4.78 is 14.2. The second kappa shape index (κ2) is 7.28. The van der Waals surface area contributed by atoms with Crippen LogP contribution in [0.1, 0.15) is 10.4 Å². The van der Waals surface area contributed by atoms with E-state index in [1.165, 1.54) is 34.6 Å². The van der Waals surface area contributed by atoms with Crippen molar-refractivity contribution in [2.24, 2.45) is 0 Å². The smallest absolute Gasteiger partial charge is 0.295 e. The number of halogens is 1. The Morgan fingerprint density at radius 2 is 1.77 bits per heavy atom. The molecule has 2 aromatic carbocycles. The summed E-state index contributed by atoms with van der Waals surface area (Å²) in [6, 6.07) is 8.01. The summed E-state index contributed by atoms with van der Waals surface area (Å²) in [6.45, 7) is 1.09. The highest BCUT2D eigenvalue weighted by Gasteiger charge is 2.33. The molecule has 7 nitrogen and oxygen atoms in total. The molecule has 0 spiro atoms. The lowest BCUT2D eigenvalue weighted by atomic mass is 10.0. The molecule has 0 saturated carbocycles. The van der Waals surface area contributed by atoms with Gasteiger partial charge in [0.05, 0.1) is 11.1 Å². The third-order valence-corrected chi connectivity index (χ3v) is 6.52. The fourth-order valence-electron chi connectivity index (χ4n) is 4.04. The van der Waals surface area contributed by atoms with Crippen molar-refractivity contribution >= 4 is 39.6 Å². The van der Waals surface area contributed by atoms with Crippen LogP contribution in [0.25, 0.3) is 21.3 Å². The lowest BCUT2D eigenvalue weighted by molar-refractivity contribution is -0.126. The van der Waals surface area contributed by atoms with Gasteiger partial charge in [-0.15, -0.1) is 11.3 Å². The van der Waals surface area contributed by atoms with Crippen LogP contribution in [0.5, 0.6) is 0 Å². The Labute approximate surface area is 179 Å². The van der Waals surface area contributed by atoms with Crippen LogP contribution in [0, 0.1) is 5.82 Å². The molecule has 9 heteroatoms. The molecule has 1 aliphatic rings. The first-order valence-electron chi connectivity index (χ1n) is 9.68. The first-order valence-corrected chi connectivity index (χ1v) is 10.6. The topological polar surface area (TPSA) is 90.6 Å². The molecule has 0 atom stereocenters. The number of thiophene rings is 1. The number of aromatic nitrogens is 1. The first-order chi connectivity index (χ1) is 15.0. The van der Waals surface area contributed by atoms with Gasteiger partial charge in [0.15, 0.2) is 0 Å². The van der Waals surface area contributed by atoms with Crippen molar-refractivity contribution in [3.8, 4) is 10.4 Å². The highest BCUT2D eigenvalue weighted by molar-refractivity contribution is 7.13. The van der Waals surface area contributed by atoms with Gasteiger partial charge >= 0.3 is 0 Å². The van der Waals surface area contributed by atoms with E-state index in [4.69, 9.17) is 0 Å². The highest BCUT2D eigenvalue weighted by atomic mass is 32.1. The molecule has 4 aromatic rings. The van der Waals surface area contributed by atoms with Gasteiger partial charge in [0, 0.05) is 48.2 Å². The number of rotatable bonds is 4. The third-order valence-electron chi connectivity index (χ3n) is 5.63. The number of carbonyl (C=O) groups excluding carboxylic acids is 2. The number of aromatic amines is 1. The average molecular weight is 437 g/mol. The van der Waals surface area contributed by atoms with Gasteiger partial charge in [0.1, 0.15) is 11.5 Å². The van der Waals surface area contributed by atoms with E-state index in [0.29, 0.717) is 29.9 Å². The number of Topliss-reactive ketones (excluding diaryl/α,β-unsaturated/α-hetero) is 1. The molecule has 3 heterocycles. The summed E-state index contributed by atoms with van der Waals surface area (Å²) in [7, 11) is 0. The van der Waals surface area contributed by atoms with Gasteiger partial charge in [0.2, 0.25) is 10.9 Å². The zero-order valence-corrected chi connectivity index (χ0v) is 17.0. The summed E-state index contributed by atoms with van der Waals surface area (Å²) in [4.78, 5) is 56.5. The van der Waals surface area contributed by atoms with Gasteiger partial charge in [-0.1, -0.05) is 12.1 Å². The Morgan fingerprint density at radius 3 is 2.48 bits per heavy atom. The van der Waals surface area contributed by atoms with Crippen molar-refractivity contribution < 1.29 is 14.0 Å². The van der Waals surface area contributed by atoms with Crippen molar-refractivity contribution in [1.29, 1.82) is 0 Å². The maximum Gasteiger partial charge on any atom is 0.295 e. The van der Waals surface area contributed by atoms with Crippen LogP contribution >= 0.6 is 11.3 Å². The van der Waals surface area contributed by atoms with Crippen LogP contribution in [0.15, 0.2) is 51.5 Å². The Balaban J connectivity index is 1.33. The molecule has 1 N–H and O–H groups in total. The van der Waals surface area contributed by atoms with Gasteiger partial charge < -0.3 is 14.8 Å². The standard InChI is InChI=1S/C22H16FN3O4S/c23-13-3-1-4-14-16(13)12(11-24-14)19(27)22(30)26-8-6-25(7-9-26)18-17(20(28)21(18)29)15-5-2-10-31-15/h1-5,10-11,24H,6-9H2. The summed E-state index contributed by atoms with van der Waals surface area (Å²) in [5.74, 6) is -2.06. The number of H-pyrrole nitrogens is 1. The number of fused-ring (bicyclic) bond motifs is 1. The van der Waals surface area contributed by atoms with Crippen molar-refractivity contribution in [3.05, 3.63) is 73.7 Å². The average Bonchev–Trinajstić information content (AvgIpc) is 3.46. The summed E-state index contributed by atoms with van der Waals surface area (Å²) in [5, 5.41) is 1.94. The molecule has 31 heavy (non-hydrogen) atoms. The minimum atomic E-state index is -0.779. The molecule has 0 radical (unpaired) electrons. The molecule has 0 aliphatic carbocycles. The number of amides is 1. The Hall–Kier alpha value is -3.59. The fraction of sp³-hybridized carbons (Fsp3) is 0.182. The molecule has 2 aromatic heterocycles. The first kappa shape index (κ1) is 19.4. The molecule has 1 fully saturated rings. The van der Waals surface area contributed by atoms with E-state index in [9.17, 15) is 23.6 Å². The molecule has 0 unspecified atom stereocenters. The van der Waals surface area contributed by atoms with Crippen LogP contribution in [0.3, 0.4) is 0 Å². The van der Waals surface area contributed by atoms with E-state index in [0.717, 1.165) is 4.88 Å². The molecule has 156 valence electrons. The van der Waals surface area contributed by atoms with Gasteiger partial charge in [0.25, 0.3) is 11.7 Å². The van der Waals surface area contributed by atoms with E-state index >= 15 is 0 Å². The van der Waals surface area contributed by atoms with Crippen LogP contribution in [-0.4, -0.2) is 47.8 Å². The molecular formula is C22H16FN3O4S. The molecule has 1 amide bonds. The number of nitrogens with zero attached hydrogens (tertiary/aromatic N) is 2. The largest absolute Gasteiger partial charge is 0.364 e. The molecule has 5 rings (SSSR count). The van der Waals surface area contributed by atoms with Crippen LogP contribution in [0.2, 0.25) is 0 Å². The second-order valence-electron chi connectivity index (χ2n) is 7.33. The predicted octanol–water partition coefficient (Wildman–Crippen LogP) is 2.16. The predicted molar refractivity (Wildman–Crippen MR) is 116 cm³/mol. The molecular weight excluding hydrogens is 421 g/mol. The number of carbonyl (C=O) groups is 2. The number of hydrogen-bond donors (Lipinski definition) is 1. The highest BCUT2D eigenvalue weighted by Crippen LogP contribution is 2.31. The number of anilines is 1. The number of benzene rings is 1. The minimum Gasteiger partial charge on any atom is -0.364 e. The number of piperazine rings is 1. The van der Waals surface area contributed by atoms with Gasteiger partial charge in [-0.05, 0) is 23.6 Å². The summed E-state index contributed by atoms with van der Waals surface area (Å²) >= 11 is 1.39. The quantitative estimate of drug-likeness (QED) is 0.390. The maximum absolute atomic E-state index is 14.2. The van der Waals surface area contributed by atoms with Crippen LogP contribution < -0.4 is 15.8 Å². The summed E-state index contributed by atoms with van der Waals surface area (Å²) in [5.41, 5.74) is 0.237. The zero-order valence-electron chi connectivity index (χ0n) is 16.2. The lowest BCUT2D eigenvalue weighted by Crippen LogP contribution is -2.53. The van der Waals surface area contributed by atoms with Crippen molar-refractivity contribution in [3.63, 3.8) is 0 Å². The van der Waals surface area contributed by atoms with Crippen molar-refractivity contribution in [2.75, 3.05) is 31.1 Å². The SMILES string of the molecule is O=C(C(=O)N1CCN(c2c(-c3cccs3)c(=O)c2=O)CC1)c1c[nH]c2cccc(F)c12. The maximum atomic E-state index is 14.2. The van der Waals surface area contributed by atoms with E-state index in [-0.39, 0.29) is 24.0 Å². The number of hydrogen-bond acceptors (Lipinski definition) is 6. The van der Waals surface area contributed by atoms with Gasteiger partial charge in [-0.2, -0.15) is 0 Å². The Kier molecular flexibility index (Phi) is 4.55. The number of ketones is 1. The third kappa shape index (κ3) is 3.00. The molecule has 1 saturated heterocycles. The monoisotopic (exact) mass is 437 g/mol. The Morgan fingerprint density at radius 1 is 1.00 bits per heavy atom.